The molecule has 1 aromatic rings. The molecule has 0 saturated carbocycles. The molecule has 0 spiro atoms. The van der Waals surface area contributed by atoms with E-state index in [0.29, 0.717) is 11.3 Å². The van der Waals surface area contributed by atoms with Gasteiger partial charge >= 0.3 is 5.09 Å². The second-order valence-electron chi connectivity index (χ2n) is 3.39. The number of nitrogens with two attached hydrogens (primary N) is 1. The van der Waals surface area contributed by atoms with Gasteiger partial charge in [0.05, 0.1) is 5.60 Å². The third-order valence-corrected chi connectivity index (χ3v) is 2.35. The van der Waals surface area contributed by atoms with E-state index in [4.69, 9.17) is 9.56 Å². The zero-order valence-corrected chi connectivity index (χ0v) is 8.64. The molecule has 0 radical (unpaired) electrons. The first-order valence-electron chi connectivity index (χ1n) is 3.82. The Bertz CT molecular complexity index is 301. The molecule has 13 heavy (non-hydrogen) atoms. The summed E-state index contributed by atoms with van der Waals surface area (Å²) in [5, 5.41) is 15.0. The standard InChI is InChI=1S/C8H13NO3S/c1-5-6(8(2,3)10)4-7(12-5)13(9)11/h4,10H,9H2,1-3H3. The lowest BCUT2D eigenvalue weighted by atomic mass is 10.00. The molecular weight excluding hydrogens is 190 g/mol. The van der Waals surface area contributed by atoms with Gasteiger partial charge in [-0.1, -0.05) is 0 Å². The highest BCUT2D eigenvalue weighted by Gasteiger charge is 2.25. The van der Waals surface area contributed by atoms with E-state index in [0.717, 1.165) is 0 Å². The number of furan rings is 1. The second-order valence-corrected chi connectivity index (χ2v) is 4.39. The van der Waals surface area contributed by atoms with Crippen LogP contribution in [-0.4, -0.2) is 9.66 Å². The molecule has 0 aliphatic carbocycles. The highest BCUT2D eigenvalue weighted by molar-refractivity contribution is 7.89. The number of hydrogen-bond acceptors (Lipinski definition) is 4. The van der Waals surface area contributed by atoms with Crippen LogP contribution in [0, 0.1) is 6.92 Å². The second kappa shape index (κ2) is 3.34. The lowest BCUT2D eigenvalue weighted by Crippen LogP contribution is -2.16. The molecule has 4 nitrogen and oxygen atoms in total. The average molecular weight is 203 g/mol. The molecule has 0 aromatic carbocycles. The molecule has 1 aromatic heterocycles. The highest BCUT2D eigenvalue weighted by atomic mass is 32.2. The van der Waals surface area contributed by atoms with Crippen LogP contribution in [0.25, 0.3) is 0 Å². The van der Waals surface area contributed by atoms with Gasteiger partial charge < -0.3 is 14.1 Å². The van der Waals surface area contributed by atoms with Crippen molar-refractivity contribution in [1.29, 1.82) is 0 Å². The van der Waals surface area contributed by atoms with Crippen molar-refractivity contribution in [2.45, 2.75) is 31.5 Å². The van der Waals surface area contributed by atoms with Crippen molar-refractivity contribution in [2.24, 2.45) is 5.14 Å². The average Bonchev–Trinajstić information content (AvgIpc) is 2.29. The first-order chi connectivity index (χ1) is 5.82. The van der Waals surface area contributed by atoms with Gasteiger partial charge in [0.2, 0.25) is 0 Å². The van der Waals surface area contributed by atoms with E-state index in [1.807, 2.05) is 0 Å². The van der Waals surface area contributed by atoms with E-state index in [-0.39, 0.29) is 5.09 Å². The third-order valence-electron chi connectivity index (χ3n) is 1.75. The first-order valence-corrected chi connectivity index (χ1v) is 5.03. The van der Waals surface area contributed by atoms with E-state index in [2.05, 4.69) is 0 Å². The Hall–Kier alpha value is -0.490. The van der Waals surface area contributed by atoms with E-state index in [9.17, 15) is 9.66 Å². The molecular formula is C8H13NO3S. The summed E-state index contributed by atoms with van der Waals surface area (Å²) in [6.07, 6.45) is 0. The van der Waals surface area contributed by atoms with Gasteiger partial charge in [-0.25, -0.2) is 0 Å². The molecule has 74 valence electrons. The molecule has 0 aliphatic rings. The van der Waals surface area contributed by atoms with Crippen LogP contribution in [0.2, 0.25) is 0 Å². The summed E-state index contributed by atoms with van der Waals surface area (Å²) < 4.78 is 16.0. The molecule has 1 atom stereocenters. The minimum absolute atomic E-state index is 0.189. The van der Waals surface area contributed by atoms with Gasteiger partial charge in [-0.05, 0) is 20.8 Å². The summed E-state index contributed by atoms with van der Waals surface area (Å²) in [4.78, 5) is 0. The van der Waals surface area contributed by atoms with Crippen LogP contribution in [0.4, 0.5) is 0 Å². The van der Waals surface area contributed by atoms with Gasteiger partial charge in [0, 0.05) is 11.6 Å². The molecule has 1 rings (SSSR count). The predicted molar refractivity (Wildman–Crippen MR) is 49.3 cm³/mol. The monoisotopic (exact) mass is 203 g/mol. The molecule has 3 N–H and O–H groups in total. The number of hydrogen-bond donors (Lipinski definition) is 2. The van der Waals surface area contributed by atoms with Crippen molar-refractivity contribution in [2.75, 3.05) is 0 Å². The number of aryl methyl sites for hydroxylation is 1. The van der Waals surface area contributed by atoms with Crippen molar-refractivity contribution in [1.82, 2.24) is 0 Å². The summed E-state index contributed by atoms with van der Waals surface area (Å²) in [7, 11) is 0. The van der Waals surface area contributed by atoms with Crippen molar-refractivity contribution >= 4 is 11.4 Å². The molecule has 0 amide bonds. The fraction of sp³-hybridized carbons (Fsp3) is 0.500. The maximum absolute atomic E-state index is 10.9. The first kappa shape index (κ1) is 10.6. The van der Waals surface area contributed by atoms with Gasteiger partial charge in [0.1, 0.15) is 17.1 Å². The summed E-state index contributed by atoms with van der Waals surface area (Å²) in [6.45, 7) is 4.96. The summed E-state index contributed by atoms with van der Waals surface area (Å²) in [6, 6.07) is 1.52. The Kier molecular flexibility index (Phi) is 2.72. The Morgan fingerprint density at radius 3 is 2.38 bits per heavy atom. The van der Waals surface area contributed by atoms with Gasteiger partial charge in [0.25, 0.3) is 0 Å². The Morgan fingerprint density at radius 1 is 1.62 bits per heavy atom. The maximum atomic E-state index is 10.9. The molecule has 0 bridgehead atoms. The smallest absolute Gasteiger partial charge is 0.332 e. The van der Waals surface area contributed by atoms with Crippen LogP contribution in [-0.2, 0) is 17.0 Å². The van der Waals surface area contributed by atoms with Crippen LogP contribution < -0.4 is 5.14 Å². The lowest BCUT2D eigenvalue weighted by Gasteiger charge is -2.14. The fourth-order valence-electron chi connectivity index (χ4n) is 1.16. The van der Waals surface area contributed by atoms with Crippen molar-refractivity contribution in [3.05, 3.63) is 17.4 Å². The van der Waals surface area contributed by atoms with E-state index in [1.165, 1.54) is 6.07 Å². The highest BCUT2D eigenvalue weighted by Crippen LogP contribution is 2.27. The Balaban J connectivity index is 3.11. The largest absolute Gasteiger partial charge is 0.591 e. The van der Waals surface area contributed by atoms with Crippen LogP contribution >= 0.6 is 0 Å². The lowest BCUT2D eigenvalue weighted by molar-refractivity contribution is 0.0770. The van der Waals surface area contributed by atoms with Crippen LogP contribution in [0.1, 0.15) is 25.2 Å². The summed E-state index contributed by atoms with van der Waals surface area (Å²) in [5.41, 5.74) is -0.383. The summed E-state index contributed by atoms with van der Waals surface area (Å²) in [5.74, 6) is 0.543. The molecule has 0 fully saturated rings. The fourth-order valence-corrected chi connectivity index (χ4v) is 1.60. The van der Waals surface area contributed by atoms with Crippen LogP contribution in [0.15, 0.2) is 15.6 Å². The van der Waals surface area contributed by atoms with Crippen LogP contribution in [0.3, 0.4) is 0 Å². The van der Waals surface area contributed by atoms with E-state index in [1.54, 1.807) is 20.8 Å². The number of aliphatic hydroxyl groups is 1. The van der Waals surface area contributed by atoms with E-state index >= 15 is 0 Å². The third kappa shape index (κ3) is 2.25. The zero-order valence-electron chi connectivity index (χ0n) is 7.83. The SMILES string of the molecule is Cc1oc([S+](N)[O-])cc1C(C)(C)O. The molecule has 0 aliphatic heterocycles. The van der Waals surface area contributed by atoms with Crippen LogP contribution in [0.5, 0.6) is 0 Å². The van der Waals surface area contributed by atoms with Gasteiger partial charge in [-0.15, -0.1) is 5.14 Å². The molecule has 1 unspecified atom stereocenters. The number of rotatable bonds is 2. The predicted octanol–water partition coefficient (Wildman–Crippen LogP) is 0.797. The Morgan fingerprint density at radius 2 is 2.15 bits per heavy atom. The zero-order chi connectivity index (χ0) is 10.2. The van der Waals surface area contributed by atoms with Crippen molar-refractivity contribution < 1.29 is 14.1 Å². The van der Waals surface area contributed by atoms with Crippen molar-refractivity contribution in [3.8, 4) is 0 Å². The maximum Gasteiger partial charge on any atom is 0.332 e. The Labute approximate surface area is 80.0 Å². The quantitative estimate of drug-likeness (QED) is 0.696. The molecule has 0 saturated heterocycles. The normalized spacial score (nSPS) is 14.6. The van der Waals surface area contributed by atoms with Gasteiger partial charge in [0.15, 0.2) is 0 Å². The topological polar surface area (TPSA) is 82.5 Å². The van der Waals surface area contributed by atoms with Crippen molar-refractivity contribution in [3.63, 3.8) is 0 Å². The molecule has 5 heteroatoms. The van der Waals surface area contributed by atoms with Gasteiger partial charge in [-0.2, -0.15) is 0 Å². The summed E-state index contributed by atoms with van der Waals surface area (Å²) >= 11 is -1.63. The minimum atomic E-state index is -1.63. The van der Waals surface area contributed by atoms with E-state index < -0.39 is 17.0 Å². The van der Waals surface area contributed by atoms with Gasteiger partial charge in [-0.3, -0.25) is 0 Å². The molecule has 1 heterocycles. The minimum Gasteiger partial charge on any atom is -0.591 e.